The molecule has 2 N–H and O–H groups in total. The van der Waals surface area contributed by atoms with Crippen molar-refractivity contribution in [1.29, 1.82) is 0 Å². The fraction of sp³-hybridized carbons (Fsp3) is 0.250. The number of likely N-dealkylation sites (N-methyl/N-ethyl adjacent to an activating group) is 1. The largest absolute Gasteiger partial charge is 0.492 e. The average molecular weight is 456 g/mol. The summed E-state index contributed by atoms with van der Waals surface area (Å²) in [5, 5.41) is 9.43. The zero-order valence-electron chi connectivity index (χ0n) is 19.5. The Hall–Kier alpha value is -3.45. The molecule has 0 fully saturated rings. The summed E-state index contributed by atoms with van der Waals surface area (Å²) >= 11 is 0. The van der Waals surface area contributed by atoms with Gasteiger partial charge in [-0.05, 0) is 92.2 Å². The van der Waals surface area contributed by atoms with Crippen molar-refractivity contribution in [3.05, 3.63) is 84.2 Å². The van der Waals surface area contributed by atoms with Gasteiger partial charge < -0.3 is 19.3 Å². The van der Waals surface area contributed by atoms with Gasteiger partial charge in [0.25, 0.3) is 0 Å². The van der Waals surface area contributed by atoms with E-state index in [9.17, 15) is 5.21 Å². The van der Waals surface area contributed by atoms with Crippen molar-refractivity contribution < 1.29 is 14.4 Å². The summed E-state index contributed by atoms with van der Waals surface area (Å²) in [6.45, 7) is 1.52. The number of furan rings is 1. The lowest BCUT2D eigenvalue weighted by atomic mass is 9.99. The SMILES string of the molecule is CN(C)CCOc1ccc(-c2cc(-c3ccncc3)c(-c3ccc4c(c3)CCC4NO)o2)cc1. The molecule has 1 aliphatic carbocycles. The number of aromatic nitrogens is 1. The first-order valence-electron chi connectivity index (χ1n) is 11.6. The van der Waals surface area contributed by atoms with Crippen LogP contribution in [0, 0.1) is 0 Å². The molecule has 2 heterocycles. The van der Waals surface area contributed by atoms with Crippen LogP contribution in [0.15, 0.2) is 77.5 Å². The van der Waals surface area contributed by atoms with Crippen LogP contribution >= 0.6 is 0 Å². The highest BCUT2D eigenvalue weighted by Gasteiger charge is 2.24. The molecule has 0 aliphatic heterocycles. The van der Waals surface area contributed by atoms with Crippen molar-refractivity contribution in [2.75, 3.05) is 27.2 Å². The van der Waals surface area contributed by atoms with Gasteiger partial charge in [0, 0.05) is 35.6 Å². The van der Waals surface area contributed by atoms with Gasteiger partial charge >= 0.3 is 0 Å². The van der Waals surface area contributed by atoms with E-state index in [0.29, 0.717) is 6.61 Å². The minimum absolute atomic E-state index is 0.00524. The van der Waals surface area contributed by atoms with Gasteiger partial charge in [0.1, 0.15) is 23.9 Å². The Morgan fingerprint density at radius 2 is 1.76 bits per heavy atom. The maximum atomic E-state index is 9.43. The molecule has 34 heavy (non-hydrogen) atoms. The number of hydrogen-bond donors (Lipinski definition) is 2. The van der Waals surface area contributed by atoms with Gasteiger partial charge in [-0.15, -0.1) is 0 Å². The van der Waals surface area contributed by atoms with Crippen LogP contribution in [-0.4, -0.2) is 42.3 Å². The van der Waals surface area contributed by atoms with E-state index in [1.807, 2.05) is 50.5 Å². The van der Waals surface area contributed by atoms with Gasteiger partial charge in [0.2, 0.25) is 0 Å². The summed E-state index contributed by atoms with van der Waals surface area (Å²) in [6.07, 6.45) is 5.41. The standard InChI is InChI=1S/C28H29N3O3/c1-31(2)15-16-33-23-7-3-20(4-8-23)27-18-25(19-11-13-29-14-12-19)28(34-27)22-5-9-24-21(17-22)6-10-26(24)30-32/h3-5,7-9,11-14,17-18,26,30,32H,6,10,15-16H2,1-2H3. The van der Waals surface area contributed by atoms with Crippen molar-refractivity contribution in [2.24, 2.45) is 0 Å². The van der Waals surface area contributed by atoms with Crippen LogP contribution in [0.25, 0.3) is 33.8 Å². The second-order valence-corrected chi connectivity index (χ2v) is 8.90. The third kappa shape index (κ3) is 4.61. The predicted molar refractivity (Wildman–Crippen MR) is 133 cm³/mol. The molecule has 4 aromatic rings. The molecule has 0 radical (unpaired) electrons. The van der Waals surface area contributed by atoms with Gasteiger partial charge in [0.15, 0.2) is 0 Å². The highest BCUT2D eigenvalue weighted by atomic mass is 16.5. The third-order valence-corrected chi connectivity index (χ3v) is 6.31. The number of fused-ring (bicyclic) bond motifs is 1. The molecule has 6 nitrogen and oxygen atoms in total. The summed E-state index contributed by atoms with van der Waals surface area (Å²) in [4.78, 5) is 6.27. The minimum Gasteiger partial charge on any atom is -0.492 e. The molecule has 5 rings (SSSR count). The van der Waals surface area contributed by atoms with Crippen LogP contribution in [0.2, 0.25) is 0 Å². The Morgan fingerprint density at radius 1 is 1.00 bits per heavy atom. The summed E-state index contributed by atoms with van der Waals surface area (Å²) in [5.74, 6) is 2.48. The molecule has 0 spiro atoms. The normalized spacial score (nSPS) is 15.0. The number of aryl methyl sites for hydroxylation is 1. The van der Waals surface area contributed by atoms with Crippen LogP contribution in [0.3, 0.4) is 0 Å². The van der Waals surface area contributed by atoms with E-state index in [2.05, 4.69) is 39.6 Å². The molecule has 0 saturated heterocycles. The van der Waals surface area contributed by atoms with E-state index < -0.39 is 0 Å². The number of hydroxylamine groups is 1. The number of pyridine rings is 1. The van der Waals surface area contributed by atoms with Crippen LogP contribution in [0.4, 0.5) is 0 Å². The molecular formula is C28H29N3O3. The van der Waals surface area contributed by atoms with Crippen LogP contribution in [0.5, 0.6) is 5.75 Å². The molecule has 174 valence electrons. The van der Waals surface area contributed by atoms with E-state index in [4.69, 9.17) is 9.15 Å². The zero-order chi connectivity index (χ0) is 23.5. The highest BCUT2D eigenvalue weighted by Crippen LogP contribution is 2.41. The Kier molecular flexibility index (Phi) is 6.45. The first-order chi connectivity index (χ1) is 16.6. The summed E-state index contributed by atoms with van der Waals surface area (Å²) in [7, 11) is 4.06. The van der Waals surface area contributed by atoms with Crippen LogP contribution in [-0.2, 0) is 6.42 Å². The van der Waals surface area contributed by atoms with E-state index in [1.165, 1.54) is 5.56 Å². The molecule has 1 unspecified atom stereocenters. The van der Waals surface area contributed by atoms with E-state index in [0.717, 1.165) is 64.5 Å². The molecule has 2 aromatic heterocycles. The van der Waals surface area contributed by atoms with Gasteiger partial charge in [0.05, 0.1) is 6.04 Å². The number of rotatable bonds is 8. The van der Waals surface area contributed by atoms with Gasteiger partial charge in [-0.2, -0.15) is 5.48 Å². The lowest BCUT2D eigenvalue weighted by molar-refractivity contribution is 0.126. The Labute approximate surface area is 199 Å². The molecule has 0 saturated carbocycles. The van der Waals surface area contributed by atoms with E-state index in [1.54, 1.807) is 12.4 Å². The number of ether oxygens (including phenoxy) is 1. The van der Waals surface area contributed by atoms with Crippen LogP contribution in [0.1, 0.15) is 23.6 Å². The van der Waals surface area contributed by atoms with E-state index >= 15 is 0 Å². The topological polar surface area (TPSA) is 70.8 Å². The Balaban J connectivity index is 1.49. The molecular weight excluding hydrogens is 426 g/mol. The predicted octanol–water partition coefficient (Wildman–Crippen LogP) is 5.58. The zero-order valence-corrected chi connectivity index (χ0v) is 19.5. The Bertz CT molecular complexity index is 1250. The smallest absolute Gasteiger partial charge is 0.142 e. The van der Waals surface area contributed by atoms with E-state index in [-0.39, 0.29) is 6.04 Å². The quantitative estimate of drug-likeness (QED) is 0.338. The van der Waals surface area contributed by atoms with Crippen molar-refractivity contribution >= 4 is 0 Å². The fourth-order valence-electron chi connectivity index (χ4n) is 4.45. The van der Waals surface area contributed by atoms with Gasteiger partial charge in [-0.25, -0.2) is 0 Å². The van der Waals surface area contributed by atoms with Crippen molar-refractivity contribution in [1.82, 2.24) is 15.4 Å². The molecule has 0 amide bonds. The van der Waals surface area contributed by atoms with Crippen molar-refractivity contribution in [3.63, 3.8) is 0 Å². The average Bonchev–Trinajstić information content (AvgIpc) is 3.49. The maximum Gasteiger partial charge on any atom is 0.142 e. The number of benzene rings is 2. The first-order valence-corrected chi connectivity index (χ1v) is 11.6. The first kappa shape index (κ1) is 22.3. The maximum absolute atomic E-state index is 9.43. The number of nitrogens with one attached hydrogen (secondary N) is 1. The fourth-order valence-corrected chi connectivity index (χ4v) is 4.45. The summed E-state index contributed by atoms with van der Waals surface area (Å²) in [5.41, 5.74) is 8.91. The minimum atomic E-state index is -0.00524. The summed E-state index contributed by atoms with van der Waals surface area (Å²) in [6, 6.07) is 20.5. The number of nitrogens with zero attached hydrogens (tertiary/aromatic N) is 2. The Morgan fingerprint density at radius 3 is 2.50 bits per heavy atom. The highest BCUT2D eigenvalue weighted by molar-refractivity contribution is 5.84. The van der Waals surface area contributed by atoms with Gasteiger partial charge in [-0.1, -0.05) is 12.1 Å². The molecule has 1 atom stereocenters. The van der Waals surface area contributed by atoms with Crippen molar-refractivity contribution in [3.8, 4) is 39.5 Å². The second-order valence-electron chi connectivity index (χ2n) is 8.90. The lowest BCUT2D eigenvalue weighted by Crippen LogP contribution is -2.19. The molecule has 2 aromatic carbocycles. The molecule has 6 heteroatoms. The lowest BCUT2D eigenvalue weighted by Gasteiger charge is -2.11. The molecule has 0 bridgehead atoms. The van der Waals surface area contributed by atoms with Gasteiger partial charge in [-0.3, -0.25) is 4.98 Å². The third-order valence-electron chi connectivity index (χ3n) is 6.31. The molecule has 1 aliphatic rings. The van der Waals surface area contributed by atoms with Crippen LogP contribution < -0.4 is 10.2 Å². The van der Waals surface area contributed by atoms with Crippen molar-refractivity contribution in [2.45, 2.75) is 18.9 Å². The second kappa shape index (κ2) is 9.81. The number of hydrogen-bond acceptors (Lipinski definition) is 6. The summed E-state index contributed by atoms with van der Waals surface area (Å²) < 4.78 is 12.3. The monoisotopic (exact) mass is 455 g/mol.